The van der Waals surface area contributed by atoms with Crippen LogP contribution in [0.2, 0.25) is 0 Å². The number of hydrogen-bond donors (Lipinski definition) is 1. The lowest BCUT2D eigenvalue weighted by atomic mass is 10.1. The number of thiophene rings is 1. The summed E-state index contributed by atoms with van der Waals surface area (Å²) in [4.78, 5) is 38.6. The molecule has 0 atom stereocenters. The van der Waals surface area contributed by atoms with E-state index in [1.165, 1.54) is 17.4 Å². The van der Waals surface area contributed by atoms with Crippen molar-refractivity contribution in [3.63, 3.8) is 0 Å². The fourth-order valence-corrected chi connectivity index (χ4v) is 3.11. The minimum atomic E-state index is -0.727. The average molecular weight is 326 g/mol. The number of aryl methyl sites for hydroxylation is 2. The smallest absolute Gasteiger partial charge is 0.273 e. The summed E-state index contributed by atoms with van der Waals surface area (Å²) in [6.45, 7) is 3.75. The maximum Gasteiger partial charge on any atom is 0.335 e. The van der Waals surface area contributed by atoms with Gasteiger partial charge in [0, 0.05) is 4.88 Å². The number of benzene rings is 1. The lowest BCUT2D eigenvalue weighted by molar-refractivity contribution is -0.122. The predicted molar refractivity (Wildman–Crippen MR) is 89.2 cm³/mol. The van der Waals surface area contributed by atoms with Gasteiger partial charge in [-0.25, -0.2) is 9.69 Å². The maximum atomic E-state index is 12.7. The van der Waals surface area contributed by atoms with Gasteiger partial charge in [0.1, 0.15) is 5.57 Å². The Bertz CT molecular complexity index is 838. The lowest BCUT2D eigenvalue weighted by Gasteiger charge is -2.27. The molecular formula is C17H14N2O3S. The highest BCUT2D eigenvalue weighted by atomic mass is 32.1. The third-order valence-corrected chi connectivity index (χ3v) is 4.34. The van der Waals surface area contributed by atoms with Crippen molar-refractivity contribution in [3.8, 4) is 0 Å². The molecule has 2 heterocycles. The molecule has 1 aromatic heterocycles. The Morgan fingerprint density at radius 2 is 1.91 bits per heavy atom. The zero-order chi connectivity index (χ0) is 16.6. The first-order chi connectivity index (χ1) is 11.0. The zero-order valence-corrected chi connectivity index (χ0v) is 13.4. The Morgan fingerprint density at radius 3 is 2.57 bits per heavy atom. The highest BCUT2D eigenvalue weighted by Crippen LogP contribution is 2.26. The van der Waals surface area contributed by atoms with E-state index >= 15 is 0 Å². The molecule has 1 N–H and O–H groups in total. The number of amides is 4. The Morgan fingerprint density at radius 1 is 1.13 bits per heavy atom. The summed E-state index contributed by atoms with van der Waals surface area (Å²) in [5, 5.41) is 4.08. The molecule has 1 aliphatic rings. The van der Waals surface area contributed by atoms with Crippen LogP contribution in [-0.4, -0.2) is 17.8 Å². The van der Waals surface area contributed by atoms with Crippen molar-refractivity contribution in [2.24, 2.45) is 0 Å². The standard InChI is InChI=1S/C17H14N2O3S/c1-10-5-6-14(11(2)8-10)19-16(21)13(15(20)18-17(19)22)9-12-4-3-7-23-12/h3-9H,1-2H3,(H,18,20,22)/b13-9+. The van der Waals surface area contributed by atoms with Crippen molar-refractivity contribution in [3.05, 3.63) is 57.3 Å². The van der Waals surface area contributed by atoms with Crippen LogP contribution in [0.25, 0.3) is 6.08 Å². The molecule has 0 spiro atoms. The topological polar surface area (TPSA) is 66.5 Å². The largest absolute Gasteiger partial charge is 0.335 e. The molecule has 0 radical (unpaired) electrons. The molecule has 1 aromatic carbocycles. The van der Waals surface area contributed by atoms with Crippen molar-refractivity contribution >= 4 is 40.9 Å². The molecule has 23 heavy (non-hydrogen) atoms. The van der Waals surface area contributed by atoms with Crippen molar-refractivity contribution in [2.75, 3.05) is 4.90 Å². The van der Waals surface area contributed by atoms with Crippen LogP contribution in [0.15, 0.2) is 41.3 Å². The lowest BCUT2D eigenvalue weighted by Crippen LogP contribution is -2.54. The number of imide groups is 2. The molecule has 0 aliphatic carbocycles. The van der Waals surface area contributed by atoms with Crippen LogP contribution < -0.4 is 10.2 Å². The second kappa shape index (κ2) is 5.81. The minimum Gasteiger partial charge on any atom is -0.273 e. The van der Waals surface area contributed by atoms with Gasteiger partial charge in [0.2, 0.25) is 0 Å². The SMILES string of the molecule is Cc1ccc(N2C(=O)NC(=O)/C(=C\c3cccs3)C2=O)c(C)c1. The molecule has 2 aromatic rings. The van der Waals surface area contributed by atoms with Crippen molar-refractivity contribution in [1.29, 1.82) is 0 Å². The summed E-state index contributed by atoms with van der Waals surface area (Å²) in [5.74, 6) is -1.28. The summed E-state index contributed by atoms with van der Waals surface area (Å²) < 4.78 is 0. The Labute approximate surface area is 137 Å². The number of barbiturate groups is 1. The van der Waals surface area contributed by atoms with E-state index in [2.05, 4.69) is 5.32 Å². The van der Waals surface area contributed by atoms with Gasteiger partial charge in [-0.05, 0) is 43.0 Å². The van der Waals surface area contributed by atoms with Gasteiger partial charge in [0.15, 0.2) is 0 Å². The van der Waals surface area contributed by atoms with Gasteiger partial charge < -0.3 is 0 Å². The normalized spacial score (nSPS) is 16.9. The molecule has 0 bridgehead atoms. The van der Waals surface area contributed by atoms with Gasteiger partial charge in [0.25, 0.3) is 11.8 Å². The molecule has 0 unspecified atom stereocenters. The Balaban J connectivity index is 2.05. The van der Waals surface area contributed by atoms with Crippen molar-refractivity contribution in [1.82, 2.24) is 5.32 Å². The van der Waals surface area contributed by atoms with Crippen LogP contribution in [0.5, 0.6) is 0 Å². The second-order valence-corrected chi connectivity index (χ2v) is 6.24. The molecule has 5 nitrogen and oxygen atoms in total. The van der Waals surface area contributed by atoms with Gasteiger partial charge in [-0.2, -0.15) is 0 Å². The second-order valence-electron chi connectivity index (χ2n) is 5.26. The van der Waals surface area contributed by atoms with E-state index in [4.69, 9.17) is 0 Å². The van der Waals surface area contributed by atoms with Gasteiger partial charge in [-0.1, -0.05) is 23.8 Å². The summed E-state index contributed by atoms with van der Waals surface area (Å²) in [6.07, 6.45) is 1.51. The minimum absolute atomic E-state index is 0.0491. The molecule has 0 saturated carbocycles. The number of hydrogen-bond acceptors (Lipinski definition) is 4. The van der Waals surface area contributed by atoms with E-state index in [9.17, 15) is 14.4 Å². The average Bonchev–Trinajstić information content (AvgIpc) is 2.98. The van der Waals surface area contributed by atoms with E-state index in [1.807, 2.05) is 37.4 Å². The predicted octanol–water partition coefficient (Wildman–Crippen LogP) is 3.03. The molecule has 4 amide bonds. The van der Waals surface area contributed by atoms with Crippen LogP contribution in [0.4, 0.5) is 10.5 Å². The fourth-order valence-electron chi connectivity index (χ4n) is 2.45. The molecular weight excluding hydrogens is 312 g/mol. The third-order valence-electron chi connectivity index (χ3n) is 3.52. The van der Waals surface area contributed by atoms with Gasteiger partial charge in [-0.3, -0.25) is 14.9 Å². The zero-order valence-electron chi connectivity index (χ0n) is 12.6. The number of carbonyl (C=O) groups is 3. The third kappa shape index (κ3) is 2.80. The Hall–Kier alpha value is -2.73. The van der Waals surface area contributed by atoms with Crippen molar-refractivity contribution < 1.29 is 14.4 Å². The monoisotopic (exact) mass is 326 g/mol. The number of urea groups is 1. The first-order valence-corrected chi connectivity index (χ1v) is 7.87. The van der Waals surface area contributed by atoms with E-state index in [1.54, 1.807) is 12.1 Å². The molecule has 3 rings (SSSR count). The van der Waals surface area contributed by atoms with E-state index in [0.29, 0.717) is 5.69 Å². The molecule has 1 aliphatic heterocycles. The van der Waals surface area contributed by atoms with Gasteiger partial charge in [0.05, 0.1) is 5.69 Å². The number of carbonyl (C=O) groups excluding carboxylic acids is 3. The summed E-state index contributed by atoms with van der Waals surface area (Å²) in [7, 11) is 0. The number of anilines is 1. The number of rotatable bonds is 2. The van der Waals surface area contributed by atoms with Crippen LogP contribution >= 0.6 is 11.3 Å². The number of nitrogens with one attached hydrogen (secondary N) is 1. The summed E-state index contributed by atoms with van der Waals surface area (Å²) >= 11 is 1.41. The first-order valence-electron chi connectivity index (χ1n) is 6.99. The van der Waals surface area contributed by atoms with Crippen LogP contribution in [0.1, 0.15) is 16.0 Å². The molecule has 6 heteroatoms. The maximum absolute atomic E-state index is 12.7. The molecule has 1 saturated heterocycles. The van der Waals surface area contributed by atoms with Crippen LogP contribution in [0, 0.1) is 13.8 Å². The fraction of sp³-hybridized carbons (Fsp3) is 0.118. The van der Waals surface area contributed by atoms with Crippen LogP contribution in [-0.2, 0) is 9.59 Å². The Kier molecular flexibility index (Phi) is 3.83. The highest BCUT2D eigenvalue weighted by Gasteiger charge is 2.37. The summed E-state index contributed by atoms with van der Waals surface area (Å²) in [5.41, 5.74) is 2.24. The highest BCUT2D eigenvalue weighted by molar-refractivity contribution is 7.10. The summed E-state index contributed by atoms with van der Waals surface area (Å²) in [6, 6.07) is 8.32. The van der Waals surface area contributed by atoms with Gasteiger partial charge >= 0.3 is 6.03 Å². The van der Waals surface area contributed by atoms with Crippen molar-refractivity contribution in [2.45, 2.75) is 13.8 Å². The van der Waals surface area contributed by atoms with Gasteiger partial charge in [-0.15, -0.1) is 11.3 Å². The van der Waals surface area contributed by atoms with E-state index in [0.717, 1.165) is 20.9 Å². The quantitative estimate of drug-likeness (QED) is 0.681. The van der Waals surface area contributed by atoms with Crippen LogP contribution in [0.3, 0.4) is 0 Å². The number of nitrogens with zero attached hydrogens (tertiary/aromatic N) is 1. The van der Waals surface area contributed by atoms with E-state index < -0.39 is 17.8 Å². The first kappa shape index (κ1) is 15.2. The molecule has 1 fully saturated rings. The molecule has 116 valence electrons. The van der Waals surface area contributed by atoms with E-state index in [-0.39, 0.29) is 5.57 Å².